The molecule has 23 heavy (non-hydrogen) atoms. The lowest BCUT2D eigenvalue weighted by Crippen LogP contribution is -2.49. The molecule has 0 bridgehead atoms. The van der Waals surface area contributed by atoms with Gasteiger partial charge in [0.1, 0.15) is 0 Å². The minimum Gasteiger partial charge on any atom is -0.661 e. The first kappa shape index (κ1) is 15.0. The Morgan fingerprint density at radius 3 is 2.78 bits per heavy atom. The van der Waals surface area contributed by atoms with Gasteiger partial charge in [-0.25, -0.2) is 0 Å². The number of nitrogens with one attached hydrogen (secondary N) is 1. The van der Waals surface area contributed by atoms with Gasteiger partial charge in [0, 0.05) is 17.1 Å². The molecule has 1 aromatic carbocycles. The largest absolute Gasteiger partial charge is 0.661 e. The van der Waals surface area contributed by atoms with Crippen LogP contribution in [0.3, 0.4) is 0 Å². The average Bonchev–Trinajstić information content (AvgIpc) is 2.97. The van der Waals surface area contributed by atoms with E-state index >= 15 is 0 Å². The number of H-pyrrole nitrogens is 1. The smallest absolute Gasteiger partial charge is 0.0459 e. The molecule has 1 saturated carbocycles. The van der Waals surface area contributed by atoms with E-state index < -0.39 is 0 Å². The normalized spacial score (nSPS) is 35.0. The molecule has 2 aliphatic carbocycles. The van der Waals surface area contributed by atoms with Gasteiger partial charge >= 0.3 is 0 Å². The zero-order chi connectivity index (χ0) is 16.4. The summed E-state index contributed by atoms with van der Waals surface area (Å²) in [5.74, 6) is 1.12. The van der Waals surface area contributed by atoms with E-state index in [0.717, 1.165) is 0 Å². The molecule has 2 aromatic rings. The molecule has 0 amide bonds. The standard InChI is InChI=1S/C21H27N2/c1-6-21(4)11-10-15-18(19(21)22-5)13-12-23-16-9-7-8-14(17(13)16)20(15,2)3/h6-9,12,15,18-19,23H,1,10-11H2,2-5H3/q-1/t15-,18-,19+,21-/m0/s1. The van der Waals surface area contributed by atoms with Crippen molar-refractivity contribution in [2.45, 2.75) is 51.0 Å². The third-order valence-corrected chi connectivity index (χ3v) is 6.90. The highest BCUT2D eigenvalue weighted by Crippen LogP contribution is 2.60. The monoisotopic (exact) mass is 307 g/mol. The summed E-state index contributed by atoms with van der Waals surface area (Å²) >= 11 is 0. The fourth-order valence-electron chi connectivity index (χ4n) is 5.51. The van der Waals surface area contributed by atoms with Gasteiger partial charge in [-0.15, -0.1) is 12.6 Å². The predicted molar refractivity (Wildman–Crippen MR) is 98.2 cm³/mol. The molecule has 2 nitrogen and oxygen atoms in total. The second-order valence-corrected chi connectivity index (χ2v) is 8.28. The first-order chi connectivity index (χ1) is 10.9. The number of benzene rings is 1. The van der Waals surface area contributed by atoms with E-state index in [1.807, 2.05) is 7.05 Å². The molecule has 1 fully saturated rings. The molecule has 1 aromatic heterocycles. The fourth-order valence-corrected chi connectivity index (χ4v) is 5.51. The number of likely N-dealkylation sites (N-methyl/N-ethyl adjacent to an activating group) is 1. The van der Waals surface area contributed by atoms with Crippen LogP contribution < -0.4 is 0 Å². The van der Waals surface area contributed by atoms with E-state index in [2.05, 4.69) is 62.8 Å². The van der Waals surface area contributed by atoms with Crippen molar-refractivity contribution in [2.75, 3.05) is 7.05 Å². The molecular formula is C21H27N2-. The molecule has 2 aliphatic rings. The third-order valence-electron chi connectivity index (χ3n) is 6.90. The van der Waals surface area contributed by atoms with Crippen LogP contribution >= 0.6 is 0 Å². The van der Waals surface area contributed by atoms with Gasteiger partial charge in [0.15, 0.2) is 0 Å². The van der Waals surface area contributed by atoms with Gasteiger partial charge in [0.25, 0.3) is 0 Å². The summed E-state index contributed by atoms with van der Waals surface area (Å²) in [4.78, 5) is 3.51. The van der Waals surface area contributed by atoms with Crippen LogP contribution in [0.5, 0.6) is 0 Å². The van der Waals surface area contributed by atoms with Crippen LogP contribution in [0.25, 0.3) is 16.2 Å². The molecule has 0 unspecified atom stereocenters. The lowest BCUT2D eigenvalue weighted by Gasteiger charge is -2.60. The van der Waals surface area contributed by atoms with E-state index in [4.69, 9.17) is 5.32 Å². The van der Waals surface area contributed by atoms with Crippen LogP contribution in [-0.2, 0) is 5.41 Å². The van der Waals surface area contributed by atoms with Crippen molar-refractivity contribution in [3.05, 3.63) is 53.5 Å². The highest BCUT2D eigenvalue weighted by Gasteiger charge is 2.50. The van der Waals surface area contributed by atoms with E-state index in [0.29, 0.717) is 17.9 Å². The van der Waals surface area contributed by atoms with Gasteiger partial charge < -0.3 is 10.3 Å². The number of aromatic amines is 1. The quantitative estimate of drug-likeness (QED) is 0.708. The van der Waals surface area contributed by atoms with E-state index in [9.17, 15) is 0 Å². The van der Waals surface area contributed by atoms with Gasteiger partial charge in [-0.05, 0) is 52.7 Å². The Morgan fingerprint density at radius 2 is 2.09 bits per heavy atom. The van der Waals surface area contributed by atoms with Crippen LogP contribution in [0.15, 0.2) is 37.1 Å². The number of nitrogens with zero attached hydrogens (tertiary/aromatic N) is 1. The zero-order valence-corrected chi connectivity index (χ0v) is 14.7. The Kier molecular flexibility index (Phi) is 3.09. The van der Waals surface area contributed by atoms with Crippen LogP contribution in [0.1, 0.15) is 50.7 Å². The minimum absolute atomic E-state index is 0.0991. The van der Waals surface area contributed by atoms with Gasteiger partial charge in [0.05, 0.1) is 0 Å². The summed E-state index contributed by atoms with van der Waals surface area (Å²) in [6, 6.07) is 7.03. The summed E-state index contributed by atoms with van der Waals surface area (Å²) in [5.41, 5.74) is 4.53. The molecule has 1 N–H and O–H groups in total. The van der Waals surface area contributed by atoms with Crippen molar-refractivity contribution in [2.24, 2.45) is 11.3 Å². The van der Waals surface area contributed by atoms with E-state index in [1.54, 1.807) is 0 Å². The summed E-state index contributed by atoms with van der Waals surface area (Å²) in [6.45, 7) is 11.3. The Labute approximate surface area is 139 Å². The third kappa shape index (κ3) is 1.79. The summed E-state index contributed by atoms with van der Waals surface area (Å²) in [5, 5.41) is 6.32. The highest BCUT2D eigenvalue weighted by molar-refractivity contribution is 5.89. The first-order valence-electron chi connectivity index (χ1n) is 8.77. The van der Waals surface area contributed by atoms with Crippen molar-refractivity contribution in [3.8, 4) is 0 Å². The number of fused-ring (bicyclic) bond motifs is 2. The molecule has 0 aliphatic heterocycles. The zero-order valence-electron chi connectivity index (χ0n) is 14.7. The summed E-state index contributed by atoms with van der Waals surface area (Å²) in [6.07, 6.45) is 6.82. The molecule has 0 radical (unpaired) electrons. The number of hydrogen-bond donors (Lipinski definition) is 1. The molecule has 0 spiro atoms. The van der Waals surface area contributed by atoms with Gasteiger partial charge in [-0.2, -0.15) is 7.05 Å². The second-order valence-electron chi connectivity index (χ2n) is 8.28. The fraction of sp³-hybridized carbons (Fsp3) is 0.524. The first-order valence-corrected chi connectivity index (χ1v) is 8.77. The lowest BCUT2D eigenvalue weighted by atomic mass is 9.51. The van der Waals surface area contributed by atoms with Gasteiger partial charge in [0.2, 0.25) is 0 Å². The maximum atomic E-state index is 4.88. The maximum absolute atomic E-state index is 4.88. The molecule has 0 saturated heterocycles. The summed E-state index contributed by atoms with van der Waals surface area (Å²) in [7, 11) is 1.99. The molecule has 1 heterocycles. The van der Waals surface area contributed by atoms with Crippen LogP contribution in [0.2, 0.25) is 0 Å². The Balaban J connectivity index is 2.00. The molecule has 4 rings (SSSR count). The van der Waals surface area contributed by atoms with Gasteiger partial charge in [-0.1, -0.05) is 39.0 Å². The second kappa shape index (κ2) is 4.73. The minimum atomic E-state index is 0.0991. The lowest BCUT2D eigenvalue weighted by molar-refractivity contribution is 0.116. The maximum Gasteiger partial charge on any atom is 0.0459 e. The van der Waals surface area contributed by atoms with Crippen molar-refractivity contribution >= 4 is 10.9 Å². The van der Waals surface area contributed by atoms with Crippen molar-refractivity contribution in [1.82, 2.24) is 4.98 Å². The Bertz CT molecular complexity index is 769. The Morgan fingerprint density at radius 1 is 1.30 bits per heavy atom. The van der Waals surface area contributed by atoms with Crippen LogP contribution in [0.4, 0.5) is 0 Å². The molecule has 122 valence electrons. The molecular weight excluding hydrogens is 280 g/mol. The summed E-state index contributed by atoms with van der Waals surface area (Å²) < 4.78 is 0. The van der Waals surface area contributed by atoms with Crippen molar-refractivity contribution < 1.29 is 0 Å². The van der Waals surface area contributed by atoms with Crippen LogP contribution in [0, 0.1) is 11.3 Å². The van der Waals surface area contributed by atoms with Crippen molar-refractivity contribution in [3.63, 3.8) is 0 Å². The van der Waals surface area contributed by atoms with Crippen LogP contribution in [-0.4, -0.2) is 18.1 Å². The molecule has 4 atom stereocenters. The van der Waals surface area contributed by atoms with E-state index in [1.165, 1.54) is 34.9 Å². The van der Waals surface area contributed by atoms with E-state index in [-0.39, 0.29) is 10.8 Å². The topological polar surface area (TPSA) is 29.9 Å². The SMILES string of the molecule is C=C[C@@]1(C)CC[C@H]2[C@H](c3c[nH]c4cccc(c34)C2(C)C)[C@H]1[N-]C. The predicted octanol–water partition coefficient (Wildman–Crippen LogP) is 5.52. The number of hydrogen-bond acceptors (Lipinski definition) is 0. The van der Waals surface area contributed by atoms with Crippen molar-refractivity contribution in [1.29, 1.82) is 0 Å². The van der Waals surface area contributed by atoms with Gasteiger partial charge in [-0.3, -0.25) is 0 Å². The molecule has 2 heteroatoms. The number of rotatable bonds is 2. The number of aromatic nitrogens is 1. The Hall–Kier alpha value is -1.54. The average molecular weight is 307 g/mol. The highest BCUT2D eigenvalue weighted by atomic mass is 14.9.